The van der Waals surface area contributed by atoms with E-state index in [1.165, 1.54) is 21.4 Å². The Morgan fingerprint density at radius 1 is 1.14 bits per heavy atom. The van der Waals surface area contributed by atoms with Gasteiger partial charge < -0.3 is 10.1 Å². The lowest BCUT2D eigenvalue weighted by Crippen LogP contribution is -2.54. The Balaban J connectivity index is 1.58. The summed E-state index contributed by atoms with van der Waals surface area (Å²) >= 11 is 6.67. The Morgan fingerprint density at radius 3 is 2.72 bits per heavy atom. The van der Waals surface area contributed by atoms with Crippen LogP contribution in [0.5, 0.6) is 5.75 Å². The number of rotatable bonds is 4. The van der Waals surface area contributed by atoms with Gasteiger partial charge in [-0.3, -0.25) is 14.7 Å². The zero-order valence-corrected chi connectivity index (χ0v) is 16.6. The zero-order chi connectivity index (χ0) is 20.0. The van der Waals surface area contributed by atoms with Crippen LogP contribution in [-0.4, -0.2) is 32.4 Å². The predicted molar refractivity (Wildman–Crippen MR) is 111 cm³/mol. The summed E-state index contributed by atoms with van der Waals surface area (Å²) in [4.78, 5) is 24.8. The van der Waals surface area contributed by atoms with Gasteiger partial charge in [-0.2, -0.15) is 5.10 Å². The second-order valence-corrected chi connectivity index (χ2v) is 8.05. The lowest BCUT2D eigenvalue weighted by Gasteiger charge is -2.32. The van der Waals surface area contributed by atoms with Crippen LogP contribution in [0.15, 0.2) is 54.6 Å². The highest BCUT2D eigenvalue weighted by molar-refractivity contribution is 8.02. The van der Waals surface area contributed by atoms with Crippen LogP contribution >= 0.6 is 24.0 Å². The van der Waals surface area contributed by atoms with Gasteiger partial charge in [-0.25, -0.2) is 9.69 Å². The molecule has 1 spiro atoms. The third-order valence-corrected chi connectivity index (χ3v) is 6.47. The first-order valence-corrected chi connectivity index (χ1v) is 10.2. The number of carbonyl (C=O) groups excluding carboxylic acids is 2. The first-order chi connectivity index (χ1) is 14.1. The summed E-state index contributed by atoms with van der Waals surface area (Å²) < 4.78 is 7.48. The van der Waals surface area contributed by atoms with E-state index in [-0.39, 0.29) is 28.9 Å². The number of amides is 2. The summed E-state index contributed by atoms with van der Waals surface area (Å²) in [6, 6.07) is 16.6. The lowest BCUT2D eigenvalue weighted by atomic mass is 10.1. The van der Waals surface area contributed by atoms with E-state index in [2.05, 4.69) is 15.5 Å². The number of hydrogen-bond acceptors (Lipinski definition) is 6. The largest absolute Gasteiger partial charge is 0.486 e. The average Bonchev–Trinajstić information content (AvgIpc) is 3.36. The van der Waals surface area contributed by atoms with E-state index in [9.17, 15) is 9.59 Å². The minimum Gasteiger partial charge on any atom is -0.486 e. The summed E-state index contributed by atoms with van der Waals surface area (Å²) in [7, 11) is 0. The molecule has 1 aromatic heterocycles. The van der Waals surface area contributed by atoms with Crippen LogP contribution in [-0.2, 0) is 21.1 Å². The maximum Gasteiger partial charge on any atom is 0.267 e. The van der Waals surface area contributed by atoms with Crippen LogP contribution in [0.2, 0.25) is 0 Å². The molecule has 2 amide bonds. The number of anilines is 1. The van der Waals surface area contributed by atoms with Crippen molar-refractivity contribution in [1.82, 2.24) is 14.9 Å². The molecule has 2 aliphatic heterocycles. The maximum atomic E-state index is 13.1. The number of nitrogens with one attached hydrogen (secondary N) is 2. The molecule has 0 aliphatic carbocycles. The molecule has 2 aliphatic rings. The molecule has 0 radical (unpaired) electrons. The van der Waals surface area contributed by atoms with Crippen LogP contribution < -0.4 is 15.1 Å². The molecule has 5 rings (SSSR count). The summed E-state index contributed by atoms with van der Waals surface area (Å²) in [6.07, 6.45) is 0. The van der Waals surface area contributed by atoms with Crippen molar-refractivity contribution in [1.29, 1.82) is 0 Å². The van der Waals surface area contributed by atoms with Gasteiger partial charge in [0.2, 0.25) is 9.64 Å². The van der Waals surface area contributed by atoms with E-state index in [0.29, 0.717) is 17.3 Å². The highest BCUT2D eigenvalue weighted by Gasteiger charge is 2.59. The summed E-state index contributed by atoms with van der Waals surface area (Å²) in [6.45, 7) is 0.0744. The standard InChI is InChI=1S/C19H15N5O3S2/c25-16-11-29-19(13-8-4-5-9-14(13)20-17(19)26)24(16)23-15(21-22-18(23)28)10-27-12-6-2-1-3-7-12/h1-9H,10-11H2,(H,20,26)(H,22,28). The number of hydrogen-bond donors (Lipinski definition) is 2. The molecular weight excluding hydrogens is 410 g/mol. The highest BCUT2D eigenvalue weighted by atomic mass is 32.2. The molecule has 2 N–H and O–H groups in total. The van der Waals surface area contributed by atoms with Crippen molar-refractivity contribution in [2.24, 2.45) is 0 Å². The fourth-order valence-electron chi connectivity index (χ4n) is 3.58. The quantitative estimate of drug-likeness (QED) is 0.624. The molecular formula is C19H15N5O3S2. The molecule has 1 atom stereocenters. The van der Waals surface area contributed by atoms with Crippen LogP contribution in [0.25, 0.3) is 0 Å². The Kier molecular flexibility index (Phi) is 4.18. The van der Waals surface area contributed by atoms with Crippen molar-refractivity contribution < 1.29 is 14.3 Å². The molecule has 1 saturated heterocycles. The van der Waals surface area contributed by atoms with E-state index in [1.54, 1.807) is 0 Å². The first-order valence-electron chi connectivity index (χ1n) is 8.83. The topological polar surface area (TPSA) is 92.2 Å². The Bertz CT molecular complexity index is 1180. The second-order valence-electron chi connectivity index (χ2n) is 6.50. The number of aromatic nitrogens is 3. The number of fused-ring (bicyclic) bond motifs is 2. The van der Waals surface area contributed by atoms with Gasteiger partial charge in [-0.05, 0) is 30.4 Å². The van der Waals surface area contributed by atoms with Crippen molar-refractivity contribution in [2.45, 2.75) is 11.5 Å². The summed E-state index contributed by atoms with van der Waals surface area (Å²) in [5, 5.41) is 11.2. The molecule has 3 heterocycles. The molecule has 8 nitrogen and oxygen atoms in total. The number of aromatic amines is 1. The number of ether oxygens (including phenoxy) is 1. The first kappa shape index (κ1) is 18.0. The van der Waals surface area contributed by atoms with Crippen LogP contribution in [0.4, 0.5) is 5.69 Å². The molecule has 3 aromatic rings. The predicted octanol–water partition coefficient (Wildman–Crippen LogP) is 2.54. The van der Waals surface area contributed by atoms with Gasteiger partial charge in [-0.15, -0.1) is 11.8 Å². The molecule has 0 saturated carbocycles. The van der Waals surface area contributed by atoms with Crippen molar-refractivity contribution in [2.75, 3.05) is 16.1 Å². The molecule has 146 valence electrons. The monoisotopic (exact) mass is 425 g/mol. The van der Waals surface area contributed by atoms with Gasteiger partial charge in [0.05, 0.1) is 5.75 Å². The number of thioether (sulfide) groups is 1. The Labute approximate surface area is 174 Å². The molecule has 29 heavy (non-hydrogen) atoms. The van der Waals surface area contributed by atoms with E-state index in [1.807, 2.05) is 54.6 Å². The zero-order valence-electron chi connectivity index (χ0n) is 15.0. The van der Waals surface area contributed by atoms with E-state index in [0.717, 1.165) is 5.56 Å². The number of H-pyrrole nitrogens is 1. The van der Waals surface area contributed by atoms with Crippen molar-refractivity contribution in [3.63, 3.8) is 0 Å². The lowest BCUT2D eigenvalue weighted by molar-refractivity contribution is -0.123. The van der Waals surface area contributed by atoms with Crippen LogP contribution in [0.3, 0.4) is 0 Å². The van der Waals surface area contributed by atoms with Gasteiger partial charge in [0.25, 0.3) is 11.8 Å². The van der Waals surface area contributed by atoms with Gasteiger partial charge in [0.15, 0.2) is 5.82 Å². The number of benzene rings is 2. The van der Waals surface area contributed by atoms with Gasteiger partial charge >= 0.3 is 0 Å². The normalized spacial score (nSPS) is 20.2. The number of nitrogens with zero attached hydrogens (tertiary/aromatic N) is 3. The third kappa shape index (κ3) is 2.67. The SMILES string of the molecule is O=C1CSC2(C(=O)Nc3ccccc32)N1n1c(COc2ccccc2)n[nH]c1=S. The maximum absolute atomic E-state index is 13.1. The van der Waals surface area contributed by atoms with Gasteiger partial charge in [0.1, 0.15) is 12.4 Å². The molecule has 2 aromatic carbocycles. The average molecular weight is 425 g/mol. The summed E-state index contributed by atoms with van der Waals surface area (Å²) in [5.41, 5.74) is 1.40. The second kappa shape index (κ2) is 6.75. The minimum absolute atomic E-state index is 0.0744. The fourth-order valence-corrected chi connectivity index (χ4v) is 5.08. The Hall–Kier alpha value is -3.11. The summed E-state index contributed by atoms with van der Waals surface area (Å²) in [5.74, 6) is 0.682. The fraction of sp³-hybridized carbons (Fsp3) is 0.158. The molecule has 1 unspecified atom stereocenters. The van der Waals surface area contributed by atoms with Crippen molar-refractivity contribution >= 4 is 41.5 Å². The van der Waals surface area contributed by atoms with Gasteiger partial charge in [0, 0.05) is 11.3 Å². The van der Waals surface area contributed by atoms with Crippen LogP contribution in [0, 0.1) is 4.77 Å². The molecule has 10 heteroatoms. The van der Waals surface area contributed by atoms with Crippen molar-refractivity contribution in [3.8, 4) is 5.75 Å². The Morgan fingerprint density at radius 2 is 1.90 bits per heavy atom. The molecule has 1 fully saturated rings. The van der Waals surface area contributed by atoms with Crippen molar-refractivity contribution in [3.05, 3.63) is 70.8 Å². The van der Waals surface area contributed by atoms with Crippen LogP contribution in [0.1, 0.15) is 11.4 Å². The minimum atomic E-state index is -1.24. The van der Waals surface area contributed by atoms with E-state index < -0.39 is 4.87 Å². The van der Waals surface area contributed by atoms with E-state index in [4.69, 9.17) is 17.0 Å². The van der Waals surface area contributed by atoms with Gasteiger partial charge in [-0.1, -0.05) is 36.4 Å². The molecule has 0 bridgehead atoms. The highest BCUT2D eigenvalue weighted by Crippen LogP contribution is 2.51. The number of para-hydroxylation sites is 2. The van der Waals surface area contributed by atoms with E-state index >= 15 is 0 Å². The smallest absolute Gasteiger partial charge is 0.267 e. The number of carbonyl (C=O) groups is 2. The third-order valence-electron chi connectivity index (χ3n) is 4.82.